The number of hydrogen-bond donors (Lipinski definition) is 1. The van der Waals surface area contributed by atoms with E-state index in [-0.39, 0.29) is 12.4 Å². The highest BCUT2D eigenvalue weighted by Gasteiger charge is 2.35. The Bertz CT molecular complexity index is 337. The highest BCUT2D eigenvalue weighted by Crippen LogP contribution is 2.29. The highest BCUT2D eigenvalue weighted by atomic mass is 19.1. The first-order valence-electron chi connectivity index (χ1n) is 5.01. The topological polar surface area (TPSA) is 44.5 Å². The van der Waals surface area contributed by atoms with Gasteiger partial charge in [0.15, 0.2) is 0 Å². The monoisotopic (exact) mass is 211 g/mol. The SMILES string of the molecule is NCC1(c2cccc(F)c2)OCCCO1. The van der Waals surface area contributed by atoms with E-state index < -0.39 is 5.79 Å². The third-order valence-electron chi connectivity index (χ3n) is 2.49. The Morgan fingerprint density at radius 1 is 1.33 bits per heavy atom. The molecule has 0 bridgehead atoms. The first-order valence-corrected chi connectivity index (χ1v) is 5.01. The van der Waals surface area contributed by atoms with E-state index in [1.165, 1.54) is 12.1 Å². The minimum atomic E-state index is -0.958. The molecular weight excluding hydrogens is 197 g/mol. The van der Waals surface area contributed by atoms with Gasteiger partial charge in [-0.25, -0.2) is 4.39 Å². The predicted octanol–water partition coefficient (Wildman–Crippen LogP) is 1.37. The van der Waals surface area contributed by atoms with Crippen LogP contribution in [-0.2, 0) is 15.3 Å². The number of halogens is 1. The molecule has 0 aliphatic carbocycles. The molecule has 1 aliphatic heterocycles. The van der Waals surface area contributed by atoms with Crippen molar-refractivity contribution in [3.05, 3.63) is 35.6 Å². The zero-order chi connectivity index (χ0) is 10.7. The number of benzene rings is 1. The zero-order valence-corrected chi connectivity index (χ0v) is 8.41. The van der Waals surface area contributed by atoms with E-state index in [0.717, 1.165) is 6.42 Å². The summed E-state index contributed by atoms with van der Waals surface area (Å²) in [6, 6.07) is 6.18. The van der Waals surface area contributed by atoms with Crippen LogP contribution in [0.15, 0.2) is 24.3 Å². The summed E-state index contributed by atoms with van der Waals surface area (Å²) in [4.78, 5) is 0. The van der Waals surface area contributed by atoms with Crippen molar-refractivity contribution in [1.29, 1.82) is 0 Å². The van der Waals surface area contributed by atoms with Gasteiger partial charge in [0.05, 0.1) is 19.8 Å². The second-order valence-electron chi connectivity index (χ2n) is 3.52. The first-order chi connectivity index (χ1) is 7.27. The van der Waals surface area contributed by atoms with Crippen LogP contribution in [0.2, 0.25) is 0 Å². The summed E-state index contributed by atoms with van der Waals surface area (Å²) in [6.45, 7) is 1.37. The Morgan fingerprint density at radius 3 is 2.67 bits per heavy atom. The molecule has 0 radical (unpaired) electrons. The molecule has 1 aromatic carbocycles. The lowest BCUT2D eigenvalue weighted by molar-refractivity contribution is -0.269. The maximum atomic E-state index is 13.1. The van der Waals surface area contributed by atoms with Crippen LogP contribution in [-0.4, -0.2) is 19.8 Å². The van der Waals surface area contributed by atoms with Gasteiger partial charge < -0.3 is 15.2 Å². The molecule has 4 heteroatoms. The van der Waals surface area contributed by atoms with Crippen molar-refractivity contribution in [3.63, 3.8) is 0 Å². The maximum Gasteiger partial charge on any atom is 0.207 e. The lowest BCUT2D eigenvalue weighted by atomic mass is 10.0. The molecular formula is C11H14FNO2. The molecule has 2 rings (SSSR count). The molecule has 0 saturated carbocycles. The fourth-order valence-corrected chi connectivity index (χ4v) is 1.70. The zero-order valence-electron chi connectivity index (χ0n) is 8.41. The average Bonchev–Trinajstić information content (AvgIpc) is 2.30. The molecule has 1 aliphatic rings. The summed E-state index contributed by atoms with van der Waals surface area (Å²) >= 11 is 0. The lowest BCUT2D eigenvalue weighted by Crippen LogP contribution is -2.44. The largest absolute Gasteiger partial charge is 0.345 e. The van der Waals surface area contributed by atoms with E-state index in [2.05, 4.69) is 0 Å². The average molecular weight is 211 g/mol. The van der Waals surface area contributed by atoms with Crippen molar-refractivity contribution >= 4 is 0 Å². The smallest absolute Gasteiger partial charge is 0.207 e. The molecule has 0 unspecified atom stereocenters. The molecule has 0 aromatic heterocycles. The summed E-state index contributed by atoms with van der Waals surface area (Å²) in [5.41, 5.74) is 6.29. The van der Waals surface area contributed by atoms with E-state index in [1.54, 1.807) is 12.1 Å². The number of hydrogen-bond acceptors (Lipinski definition) is 3. The third kappa shape index (κ3) is 2.02. The van der Waals surface area contributed by atoms with Gasteiger partial charge in [-0.3, -0.25) is 0 Å². The van der Waals surface area contributed by atoms with Gasteiger partial charge >= 0.3 is 0 Å². The van der Waals surface area contributed by atoms with Crippen LogP contribution < -0.4 is 5.73 Å². The van der Waals surface area contributed by atoms with Crippen molar-refractivity contribution in [2.24, 2.45) is 5.73 Å². The van der Waals surface area contributed by atoms with Gasteiger partial charge in [-0.1, -0.05) is 12.1 Å². The first kappa shape index (κ1) is 10.5. The number of ether oxygens (including phenoxy) is 2. The van der Waals surface area contributed by atoms with Crippen LogP contribution in [0.3, 0.4) is 0 Å². The Morgan fingerprint density at radius 2 is 2.07 bits per heavy atom. The summed E-state index contributed by atoms with van der Waals surface area (Å²) in [7, 11) is 0. The molecule has 1 fully saturated rings. The van der Waals surface area contributed by atoms with Crippen LogP contribution in [0.1, 0.15) is 12.0 Å². The van der Waals surface area contributed by atoms with Crippen LogP contribution in [0.5, 0.6) is 0 Å². The second-order valence-corrected chi connectivity index (χ2v) is 3.52. The van der Waals surface area contributed by atoms with Crippen molar-refractivity contribution < 1.29 is 13.9 Å². The molecule has 3 nitrogen and oxygen atoms in total. The fourth-order valence-electron chi connectivity index (χ4n) is 1.70. The molecule has 0 atom stereocenters. The van der Waals surface area contributed by atoms with E-state index in [4.69, 9.17) is 15.2 Å². The third-order valence-corrected chi connectivity index (χ3v) is 2.49. The van der Waals surface area contributed by atoms with Gasteiger partial charge in [0.25, 0.3) is 0 Å². The van der Waals surface area contributed by atoms with Gasteiger partial charge in [0.1, 0.15) is 5.82 Å². The Hall–Kier alpha value is -0.970. The maximum absolute atomic E-state index is 13.1. The van der Waals surface area contributed by atoms with Crippen LogP contribution in [0.4, 0.5) is 4.39 Å². The van der Waals surface area contributed by atoms with E-state index in [0.29, 0.717) is 18.8 Å². The Labute approximate surface area is 88.0 Å². The van der Waals surface area contributed by atoms with Gasteiger partial charge in [0, 0.05) is 5.56 Å². The second kappa shape index (κ2) is 4.26. The molecule has 1 saturated heterocycles. The van der Waals surface area contributed by atoms with Gasteiger partial charge in [0.2, 0.25) is 5.79 Å². The molecule has 0 spiro atoms. The number of rotatable bonds is 2. The summed E-state index contributed by atoms with van der Waals surface area (Å²) in [5, 5.41) is 0. The summed E-state index contributed by atoms with van der Waals surface area (Å²) in [5.74, 6) is -1.27. The molecule has 82 valence electrons. The van der Waals surface area contributed by atoms with E-state index in [1.807, 2.05) is 0 Å². The van der Waals surface area contributed by atoms with Crippen molar-refractivity contribution in [1.82, 2.24) is 0 Å². The summed E-state index contributed by atoms with van der Waals surface area (Å²) in [6.07, 6.45) is 0.844. The van der Waals surface area contributed by atoms with Crippen LogP contribution >= 0.6 is 0 Å². The van der Waals surface area contributed by atoms with Gasteiger partial charge in [-0.15, -0.1) is 0 Å². The molecule has 2 N–H and O–H groups in total. The Kier molecular flexibility index (Phi) is 3.00. The molecule has 1 aromatic rings. The predicted molar refractivity (Wildman–Crippen MR) is 53.7 cm³/mol. The molecule has 1 heterocycles. The molecule has 0 amide bonds. The summed E-state index contributed by atoms with van der Waals surface area (Å²) < 4.78 is 24.2. The number of nitrogens with two attached hydrogens (primary N) is 1. The van der Waals surface area contributed by atoms with Gasteiger partial charge in [-0.05, 0) is 18.6 Å². The standard InChI is InChI=1S/C11H14FNO2/c12-10-4-1-3-9(7-10)11(8-13)14-5-2-6-15-11/h1,3-4,7H,2,5-6,8,13H2. The van der Waals surface area contributed by atoms with Gasteiger partial charge in [-0.2, -0.15) is 0 Å². The van der Waals surface area contributed by atoms with Crippen LogP contribution in [0, 0.1) is 5.82 Å². The van der Waals surface area contributed by atoms with E-state index in [9.17, 15) is 4.39 Å². The normalized spacial score (nSPS) is 20.1. The quantitative estimate of drug-likeness (QED) is 0.803. The van der Waals surface area contributed by atoms with Crippen LogP contribution in [0.25, 0.3) is 0 Å². The van der Waals surface area contributed by atoms with E-state index >= 15 is 0 Å². The van der Waals surface area contributed by atoms with Crippen molar-refractivity contribution in [3.8, 4) is 0 Å². The highest BCUT2D eigenvalue weighted by molar-refractivity contribution is 5.22. The fraction of sp³-hybridized carbons (Fsp3) is 0.455. The minimum absolute atomic E-state index is 0.191. The lowest BCUT2D eigenvalue weighted by Gasteiger charge is -2.36. The minimum Gasteiger partial charge on any atom is -0.345 e. The Balaban J connectivity index is 2.32. The van der Waals surface area contributed by atoms with Crippen molar-refractivity contribution in [2.75, 3.05) is 19.8 Å². The van der Waals surface area contributed by atoms with Crippen molar-refractivity contribution in [2.45, 2.75) is 12.2 Å². The molecule has 15 heavy (non-hydrogen) atoms.